The lowest BCUT2D eigenvalue weighted by atomic mass is 10.2. The fourth-order valence-electron chi connectivity index (χ4n) is 1.44. The predicted octanol–water partition coefficient (Wildman–Crippen LogP) is 3.16. The first-order chi connectivity index (χ1) is 8.09. The van der Waals surface area contributed by atoms with Gasteiger partial charge < -0.3 is 4.84 Å². The topological polar surface area (TPSA) is 24.8 Å². The molecule has 0 aliphatic carbocycles. The molecule has 100 valence electrons. The van der Waals surface area contributed by atoms with Crippen LogP contribution in [0.1, 0.15) is 48.5 Å². The molecule has 0 radical (unpaired) electrons. The summed E-state index contributed by atoms with van der Waals surface area (Å²) in [5.41, 5.74) is 0. The van der Waals surface area contributed by atoms with E-state index in [-0.39, 0.29) is 0 Å². The largest absolute Gasteiger partial charge is 0.394 e. The highest BCUT2D eigenvalue weighted by Crippen LogP contribution is 2.03. The van der Waals surface area contributed by atoms with Gasteiger partial charge >= 0.3 is 0 Å². The highest BCUT2D eigenvalue weighted by Gasteiger charge is 2.12. The van der Waals surface area contributed by atoms with Crippen LogP contribution in [-0.2, 0) is 4.84 Å². The molecule has 0 bridgehead atoms. The lowest BCUT2D eigenvalue weighted by Crippen LogP contribution is -2.39. The van der Waals surface area contributed by atoms with Crippen molar-refractivity contribution in [3.63, 3.8) is 0 Å². The molecule has 0 aliphatic heterocycles. The number of hydrogen-bond acceptors (Lipinski definition) is 3. The smallest absolute Gasteiger partial charge is 0.129 e. The maximum absolute atomic E-state index is 5.09. The van der Waals surface area contributed by atoms with Crippen LogP contribution in [0.4, 0.5) is 0 Å². The molecule has 0 saturated carbocycles. The van der Waals surface area contributed by atoms with E-state index < -0.39 is 0 Å². The molecule has 0 heterocycles. The van der Waals surface area contributed by atoms with Crippen LogP contribution >= 0.6 is 0 Å². The fraction of sp³-hybridized carbons (Fsp3) is 0.786. The summed E-state index contributed by atoms with van der Waals surface area (Å²) in [7, 11) is 0. The Morgan fingerprint density at radius 1 is 1.18 bits per heavy atom. The SMILES string of the molecule is CC.CC#C/C=N/OCCN(C(C)C)C(C)C. The third-order valence-electron chi connectivity index (χ3n) is 2.10. The van der Waals surface area contributed by atoms with Crippen LogP contribution in [0.3, 0.4) is 0 Å². The van der Waals surface area contributed by atoms with Crippen molar-refractivity contribution in [3.8, 4) is 11.8 Å². The summed E-state index contributed by atoms with van der Waals surface area (Å²) in [5.74, 6) is 5.42. The van der Waals surface area contributed by atoms with Crippen molar-refractivity contribution in [1.29, 1.82) is 0 Å². The Morgan fingerprint density at radius 2 is 1.71 bits per heavy atom. The van der Waals surface area contributed by atoms with Gasteiger partial charge in [-0.15, -0.1) is 5.92 Å². The summed E-state index contributed by atoms with van der Waals surface area (Å²) >= 11 is 0. The Morgan fingerprint density at radius 3 is 2.12 bits per heavy atom. The monoisotopic (exact) mass is 240 g/mol. The minimum Gasteiger partial charge on any atom is -0.394 e. The van der Waals surface area contributed by atoms with Crippen molar-refractivity contribution < 1.29 is 4.84 Å². The van der Waals surface area contributed by atoms with Gasteiger partial charge in [0.2, 0.25) is 0 Å². The highest BCUT2D eigenvalue weighted by molar-refractivity contribution is 5.77. The second kappa shape index (κ2) is 13.1. The van der Waals surface area contributed by atoms with Crippen molar-refractivity contribution in [2.75, 3.05) is 13.2 Å². The van der Waals surface area contributed by atoms with E-state index in [0.717, 1.165) is 6.54 Å². The molecule has 0 saturated heterocycles. The van der Waals surface area contributed by atoms with E-state index in [1.165, 1.54) is 6.21 Å². The number of hydrogen-bond donors (Lipinski definition) is 0. The molecule has 0 spiro atoms. The van der Waals surface area contributed by atoms with Crippen molar-refractivity contribution in [3.05, 3.63) is 0 Å². The van der Waals surface area contributed by atoms with E-state index in [1.54, 1.807) is 6.92 Å². The first-order valence-electron chi connectivity index (χ1n) is 6.41. The average Bonchev–Trinajstić information content (AvgIpc) is 2.29. The average molecular weight is 240 g/mol. The van der Waals surface area contributed by atoms with Gasteiger partial charge in [0.05, 0.1) is 0 Å². The van der Waals surface area contributed by atoms with Gasteiger partial charge in [0.1, 0.15) is 12.8 Å². The van der Waals surface area contributed by atoms with E-state index in [9.17, 15) is 0 Å². The quantitative estimate of drug-likeness (QED) is 0.308. The molecule has 0 fully saturated rings. The Bertz CT molecular complexity index is 228. The van der Waals surface area contributed by atoms with Gasteiger partial charge in [-0.2, -0.15) is 0 Å². The standard InChI is InChI=1S/C12H22N2O.C2H6/c1-6-7-8-13-15-10-9-14(11(2)3)12(4)5;1-2/h8,11-12H,9-10H2,1-5H3;1-2H3/b13-8+;. The predicted molar refractivity (Wildman–Crippen MR) is 76.2 cm³/mol. The molecule has 0 aromatic carbocycles. The van der Waals surface area contributed by atoms with Crippen molar-refractivity contribution >= 4 is 6.21 Å². The number of nitrogens with zero attached hydrogens (tertiary/aromatic N) is 2. The Labute approximate surface area is 107 Å². The summed E-state index contributed by atoms with van der Waals surface area (Å²) in [5, 5.41) is 3.73. The van der Waals surface area contributed by atoms with Crippen molar-refractivity contribution in [2.45, 2.75) is 60.5 Å². The highest BCUT2D eigenvalue weighted by atomic mass is 16.6. The molecule has 0 N–H and O–H groups in total. The van der Waals surface area contributed by atoms with Crippen molar-refractivity contribution in [1.82, 2.24) is 4.90 Å². The Kier molecular flexibility index (Phi) is 14.1. The normalized spacial score (nSPS) is 10.2. The molecule has 0 unspecified atom stereocenters. The second-order valence-corrected chi connectivity index (χ2v) is 3.89. The van der Waals surface area contributed by atoms with Crippen LogP contribution in [0.2, 0.25) is 0 Å². The fourth-order valence-corrected chi connectivity index (χ4v) is 1.44. The van der Waals surface area contributed by atoms with E-state index in [2.05, 4.69) is 49.6 Å². The Hall–Kier alpha value is -1.01. The van der Waals surface area contributed by atoms with Crippen LogP contribution in [0.15, 0.2) is 5.16 Å². The summed E-state index contributed by atoms with van der Waals surface area (Å²) in [6.07, 6.45) is 1.48. The first-order valence-corrected chi connectivity index (χ1v) is 6.41. The van der Waals surface area contributed by atoms with Crippen LogP contribution < -0.4 is 0 Å². The van der Waals surface area contributed by atoms with E-state index in [0.29, 0.717) is 18.7 Å². The maximum Gasteiger partial charge on any atom is 0.129 e. The molecule has 17 heavy (non-hydrogen) atoms. The summed E-state index contributed by atoms with van der Waals surface area (Å²) in [6, 6.07) is 1.07. The molecule has 0 rings (SSSR count). The molecule has 0 aromatic heterocycles. The molecule has 3 nitrogen and oxygen atoms in total. The third kappa shape index (κ3) is 11.3. The van der Waals surface area contributed by atoms with Crippen LogP contribution in [0, 0.1) is 11.8 Å². The van der Waals surface area contributed by atoms with Gasteiger partial charge in [-0.3, -0.25) is 4.90 Å². The number of rotatable bonds is 6. The van der Waals surface area contributed by atoms with E-state index in [4.69, 9.17) is 4.84 Å². The Balaban J connectivity index is 0. The van der Waals surface area contributed by atoms with Crippen LogP contribution in [0.25, 0.3) is 0 Å². The maximum atomic E-state index is 5.09. The van der Waals surface area contributed by atoms with Gasteiger partial charge in [-0.25, -0.2) is 0 Å². The number of oxime groups is 1. The van der Waals surface area contributed by atoms with Crippen molar-refractivity contribution in [2.24, 2.45) is 5.16 Å². The first kappa shape index (κ1) is 18.4. The molecule has 3 heteroatoms. The van der Waals surface area contributed by atoms with Gasteiger partial charge in [-0.05, 0) is 34.6 Å². The van der Waals surface area contributed by atoms with Crippen LogP contribution in [-0.4, -0.2) is 36.3 Å². The molecule has 0 aliphatic rings. The van der Waals surface area contributed by atoms with E-state index >= 15 is 0 Å². The molecule has 0 atom stereocenters. The zero-order valence-corrected chi connectivity index (χ0v) is 12.4. The third-order valence-corrected chi connectivity index (χ3v) is 2.10. The summed E-state index contributed by atoms with van der Waals surface area (Å²) in [6.45, 7) is 16.0. The second-order valence-electron chi connectivity index (χ2n) is 3.89. The lowest BCUT2D eigenvalue weighted by molar-refractivity contribution is 0.0838. The summed E-state index contributed by atoms with van der Waals surface area (Å²) in [4.78, 5) is 7.45. The molecule has 0 aromatic rings. The van der Waals surface area contributed by atoms with E-state index in [1.807, 2.05) is 13.8 Å². The minimum absolute atomic E-state index is 0.535. The summed E-state index contributed by atoms with van der Waals surface area (Å²) < 4.78 is 0. The van der Waals surface area contributed by atoms with Crippen LogP contribution in [0.5, 0.6) is 0 Å². The van der Waals surface area contributed by atoms with Gasteiger partial charge in [-0.1, -0.05) is 24.9 Å². The lowest BCUT2D eigenvalue weighted by Gasteiger charge is -2.29. The minimum atomic E-state index is 0.535. The van der Waals surface area contributed by atoms with Gasteiger partial charge in [0.25, 0.3) is 0 Å². The van der Waals surface area contributed by atoms with Gasteiger partial charge in [0, 0.05) is 18.6 Å². The molecule has 0 amide bonds. The zero-order chi connectivity index (χ0) is 13.7. The zero-order valence-electron chi connectivity index (χ0n) is 12.4. The molecular formula is C14H28N2O. The molecular weight excluding hydrogens is 212 g/mol. The van der Waals surface area contributed by atoms with Gasteiger partial charge in [0.15, 0.2) is 0 Å².